The average molecular weight is 548 g/mol. The van der Waals surface area contributed by atoms with Crippen molar-refractivity contribution >= 4 is 39.5 Å². The zero-order valence-corrected chi connectivity index (χ0v) is 20.8. The zero-order chi connectivity index (χ0) is 27.5. The maximum Gasteiger partial charge on any atom is 0.415 e. The molecule has 1 fully saturated rings. The lowest BCUT2D eigenvalue weighted by atomic mass is 9.85. The minimum absolute atomic E-state index is 0.0194. The van der Waals surface area contributed by atoms with E-state index in [1.54, 1.807) is 13.0 Å². The van der Waals surface area contributed by atoms with Crippen molar-refractivity contribution in [2.75, 3.05) is 11.9 Å². The first-order chi connectivity index (χ1) is 17.9. The number of aromatic nitrogens is 4. The Morgan fingerprint density at radius 2 is 2.08 bits per heavy atom. The van der Waals surface area contributed by atoms with Gasteiger partial charge in [-0.2, -0.15) is 17.6 Å². The normalized spacial score (nSPS) is 27.2. The molecule has 38 heavy (non-hydrogen) atoms. The highest BCUT2D eigenvalue weighted by atomic mass is 32.2. The van der Waals surface area contributed by atoms with Crippen molar-refractivity contribution in [2.45, 2.75) is 36.4 Å². The van der Waals surface area contributed by atoms with Crippen molar-refractivity contribution in [1.29, 1.82) is 0 Å². The van der Waals surface area contributed by atoms with Gasteiger partial charge in [0.1, 0.15) is 5.52 Å². The molecule has 5 atom stereocenters. The van der Waals surface area contributed by atoms with E-state index in [1.165, 1.54) is 31.6 Å². The number of anilines is 2. The minimum atomic E-state index is -4.89. The third kappa shape index (κ3) is 4.06. The highest BCUT2D eigenvalue weighted by Crippen LogP contribution is 2.72. The number of nitrogens with two attached hydrogens (primary N) is 1. The third-order valence-corrected chi connectivity index (χ3v) is 8.45. The van der Waals surface area contributed by atoms with E-state index in [4.69, 9.17) is 16.9 Å². The molecule has 1 aliphatic heterocycles. The van der Waals surface area contributed by atoms with E-state index in [-0.39, 0.29) is 34.7 Å². The summed E-state index contributed by atoms with van der Waals surface area (Å²) in [5.74, 6) is 0.375. The Kier molecular flexibility index (Phi) is 6.11. The maximum absolute atomic E-state index is 15.1. The Morgan fingerprint density at radius 3 is 2.79 bits per heavy atom. The van der Waals surface area contributed by atoms with E-state index in [1.807, 2.05) is 0 Å². The molecule has 1 saturated carbocycles. The van der Waals surface area contributed by atoms with Crippen LogP contribution in [-0.2, 0) is 5.54 Å². The molecule has 0 amide bonds. The molecule has 0 aromatic carbocycles. The zero-order valence-electron chi connectivity index (χ0n) is 20.0. The van der Waals surface area contributed by atoms with Crippen LogP contribution in [0.1, 0.15) is 19.4 Å². The fraction of sp³-hybridized carbons (Fsp3) is 0.375. The number of fused-ring (bicyclic) bond motifs is 2. The molecule has 0 saturated heterocycles. The Bertz CT molecular complexity index is 1500. The van der Waals surface area contributed by atoms with Crippen molar-refractivity contribution in [1.82, 2.24) is 19.9 Å². The van der Waals surface area contributed by atoms with Crippen LogP contribution in [0.3, 0.4) is 0 Å². The van der Waals surface area contributed by atoms with Crippen LogP contribution in [0.5, 0.6) is 5.88 Å². The van der Waals surface area contributed by atoms with Crippen LogP contribution < -0.4 is 15.8 Å². The Balaban J connectivity index is 1.51. The highest BCUT2D eigenvalue weighted by molar-refractivity contribution is 8.15. The molecule has 4 heterocycles. The molecule has 3 aromatic rings. The quantitative estimate of drug-likeness (QED) is 0.241. The number of pyridine rings is 2. The standard InChI is InChI=1S/C24H21F4N7O2S/c1-4-7-37-15-10-31-16-14(34-15)5-6-30-19(16)33-12-8-13(18(25)32-9-12)22(3)17-11(2)23(17,38-21(29)35-22)20(36)24(26,27)28/h1,5-6,8-11,17,20,36H,7H2,2-3H3,(H2,29,35)(H,30,33)/t11-,17-,20+,22+,23-/m0/s1. The van der Waals surface area contributed by atoms with Gasteiger partial charge < -0.3 is 20.9 Å². The molecule has 4 N–H and O–H groups in total. The molecule has 9 nitrogen and oxygen atoms in total. The van der Waals surface area contributed by atoms with Crippen molar-refractivity contribution in [3.63, 3.8) is 0 Å². The molecular weight excluding hydrogens is 526 g/mol. The second-order valence-electron chi connectivity index (χ2n) is 9.18. The summed E-state index contributed by atoms with van der Waals surface area (Å²) in [6.07, 6.45) is 1.70. The van der Waals surface area contributed by atoms with Gasteiger partial charge in [0.25, 0.3) is 0 Å². The number of rotatable bonds is 6. The topological polar surface area (TPSA) is 131 Å². The number of aliphatic hydroxyl groups is 1. The SMILES string of the molecule is C#CCOc1cnc2c(Nc3cnc(F)c([C@@]4(C)N=C(N)S[C@]5([C@@H](O)C(F)(F)F)[C@H]4[C@@H]5C)c3)nccc2n1. The first-order valence-electron chi connectivity index (χ1n) is 11.3. The van der Waals surface area contributed by atoms with E-state index in [0.29, 0.717) is 22.8 Å². The fourth-order valence-electron chi connectivity index (χ4n) is 5.31. The lowest BCUT2D eigenvalue weighted by Crippen LogP contribution is -2.47. The molecule has 198 valence electrons. The predicted molar refractivity (Wildman–Crippen MR) is 133 cm³/mol. The van der Waals surface area contributed by atoms with Gasteiger partial charge in [-0.3, -0.25) is 4.99 Å². The number of nitrogens with zero attached hydrogens (tertiary/aromatic N) is 5. The number of aliphatic hydroxyl groups excluding tert-OH is 1. The molecule has 0 radical (unpaired) electrons. The summed E-state index contributed by atoms with van der Waals surface area (Å²) in [6, 6.07) is 3.01. The van der Waals surface area contributed by atoms with Crippen molar-refractivity contribution < 1.29 is 27.4 Å². The molecule has 2 aliphatic rings. The summed E-state index contributed by atoms with van der Waals surface area (Å²) in [7, 11) is 0. The molecule has 0 unspecified atom stereocenters. The average Bonchev–Trinajstić information content (AvgIpc) is 3.47. The molecular formula is C24H21F4N7O2S. The van der Waals surface area contributed by atoms with Gasteiger partial charge in [0, 0.05) is 17.7 Å². The van der Waals surface area contributed by atoms with Crippen LogP contribution in [-0.4, -0.2) is 53.8 Å². The van der Waals surface area contributed by atoms with Gasteiger partial charge in [-0.25, -0.2) is 19.9 Å². The van der Waals surface area contributed by atoms with Crippen LogP contribution in [0.4, 0.5) is 29.1 Å². The Labute approximate surface area is 218 Å². The summed E-state index contributed by atoms with van der Waals surface area (Å²) in [6.45, 7) is 3.08. The fourth-order valence-corrected chi connectivity index (χ4v) is 6.97. The largest absolute Gasteiger partial charge is 0.463 e. The number of ether oxygens (including phenoxy) is 1. The van der Waals surface area contributed by atoms with E-state index >= 15 is 4.39 Å². The summed E-state index contributed by atoms with van der Waals surface area (Å²) in [5, 5.41) is 13.1. The van der Waals surface area contributed by atoms with Crippen LogP contribution in [0.15, 0.2) is 35.7 Å². The monoisotopic (exact) mass is 547 g/mol. The minimum Gasteiger partial charge on any atom is -0.463 e. The maximum atomic E-state index is 15.1. The molecule has 14 heteroatoms. The number of nitrogens with one attached hydrogen (secondary N) is 1. The molecule has 0 bridgehead atoms. The molecule has 1 aliphatic carbocycles. The molecule has 5 rings (SSSR count). The number of hydrogen-bond donors (Lipinski definition) is 3. The van der Waals surface area contributed by atoms with Crippen LogP contribution in [0.25, 0.3) is 11.0 Å². The van der Waals surface area contributed by atoms with Gasteiger partial charge in [0.05, 0.1) is 33.9 Å². The number of halogens is 4. The van der Waals surface area contributed by atoms with Crippen molar-refractivity contribution in [2.24, 2.45) is 22.6 Å². The number of alkyl halides is 3. The van der Waals surface area contributed by atoms with E-state index in [2.05, 4.69) is 36.2 Å². The van der Waals surface area contributed by atoms with Gasteiger partial charge >= 0.3 is 6.18 Å². The van der Waals surface area contributed by atoms with E-state index in [9.17, 15) is 18.3 Å². The predicted octanol–water partition coefficient (Wildman–Crippen LogP) is 3.52. The summed E-state index contributed by atoms with van der Waals surface area (Å²) < 4.78 is 59.5. The number of hydrogen-bond acceptors (Lipinski definition) is 10. The van der Waals surface area contributed by atoms with Crippen LogP contribution in [0, 0.1) is 30.1 Å². The number of thioether (sulfide) groups is 1. The van der Waals surface area contributed by atoms with E-state index in [0.717, 1.165) is 0 Å². The first-order valence-corrected chi connectivity index (χ1v) is 12.1. The summed E-state index contributed by atoms with van der Waals surface area (Å²) in [4.78, 5) is 21.1. The third-order valence-electron chi connectivity index (χ3n) is 6.94. The highest BCUT2D eigenvalue weighted by Gasteiger charge is 2.78. The number of terminal acetylenes is 1. The lowest BCUT2D eigenvalue weighted by molar-refractivity contribution is -0.208. The number of aliphatic imine (C=N–C) groups is 1. The van der Waals surface area contributed by atoms with Gasteiger partial charge in [-0.1, -0.05) is 24.6 Å². The second kappa shape index (κ2) is 8.95. The van der Waals surface area contributed by atoms with Crippen LogP contribution in [0.2, 0.25) is 0 Å². The van der Waals surface area contributed by atoms with Gasteiger partial charge in [-0.15, -0.1) is 6.42 Å². The Hall–Kier alpha value is -3.70. The molecule has 3 aromatic heterocycles. The van der Waals surface area contributed by atoms with Crippen molar-refractivity contribution in [3.8, 4) is 18.2 Å². The van der Waals surface area contributed by atoms with Crippen molar-refractivity contribution in [3.05, 3.63) is 42.2 Å². The number of amidine groups is 1. The smallest absolute Gasteiger partial charge is 0.415 e. The Morgan fingerprint density at radius 1 is 1.32 bits per heavy atom. The van der Waals surface area contributed by atoms with Crippen LogP contribution >= 0.6 is 11.8 Å². The summed E-state index contributed by atoms with van der Waals surface area (Å²) in [5.41, 5.74) is 5.44. The summed E-state index contributed by atoms with van der Waals surface area (Å²) >= 11 is 0.676. The first kappa shape index (κ1) is 25.9. The van der Waals surface area contributed by atoms with Gasteiger partial charge in [0.2, 0.25) is 11.8 Å². The molecule has 0 spiro atoms. The van der Waals surface area contributed by atoms with Gasteiger partial charge in [-0.05, 0) is 25.0 Å². The lowest BCUT2D eigenvalue weighted by Gasteiger charge is -2.36. The second-order valence-corrected chi connectivity index (χ2v) is 10.5. The van der Waals surface area contributed by atoms with E-state index < -0.39 is 40.3 Å². The van der Waals surface area contributed by atoms with Gasteiger partial charge in [0.15, 0.2) is 23.7 Å².